The van der Waals surface area contributed by atoms with Gasteiger partial charge in [-0.25, -0.2) is 0 Å². The molecule has 33 heavy (non-hydrogen) atoms. The molecule has 2 aliphatic rings. The number of halogens is 4. The molecular weight excluding hydrogens is 465 g/mol. The van der Waals surface area contributed by atoms with Gasteiger partial charge >= 0.3 is 6.18 Å². The molecule has 2 aliphatic heterocycles. The lowest BCUT2D eigenvalue weighted by atomic mass is 10.1. The monoisotopic (exact) mass is 488 g/mol. The molecule has 1 aromatic heterocycles. The second kappa shape index (κ2) is 9.40. The number of nitrogens with zero attached hydrogens (tertiary/aromatic N) is 4. The van der Waals surface area contributed by atoms with Gasteiger partial charge in [-0.05, 0) is 18.6 Å². The van der Waals surface area contributed by atoms with Gasteiger partial charge in [-0.15, -0.1) is 0 Å². The van der Waals surface area contributed by atoms with Crippen molar-refractivity contribution in [3.8, 4) is 5.75 Å². The molecular formula is C21H24ClF3N4O4. The number of aliphatic hydroxyl groups is 1. The Morgan fingerprint density at radius 3 is 2.64 bits per heavy atom. The number of rotatable bonds is 5. The Bertz CT molecular complexity index is 1060. The van der Waals surface area contributed by atoms with E-state index in [0.717, 1.165) is 4.90 Å². The van der Waals surface area contributed by atoms with Gasteiger partial charge < -0.3 is 24.4 Å². The molecule has 1 aromatic carbocycles. The maximum atomic E-state index is 14.0. The van der Waals surface area contributed by atoms with Crippen molar-refractivity contribution in [2.45, 2.75) is 31.3 Å². The first-order valence-electron chi connectivity index (χ1n) is 10.5. The van der Waals surface area contributed by atoms with E-state index in [4.69, 9.17) is 21.1 Å². The molecule has 0 amide bonds. The summed E-state index contributed by atoms with van der Waals surface area (Å²) in [4.78, 5) is 20.0. The standard InChI is InChI=1S/C21H24ClF3N4O4/c1-32-13-2-3-14(15(22)10-13)16(30)12-29-17(21(23,24)25)4-5-28-19(31)11-18(26-20(28)29)27-6-8-33-9-7-27/h2-3,10-11,16-17,30H,4-9,12H2,1H3/t16-,17+/m1/s1. The molecule has 3 heterocycles. The van der Waals surface area contributed by atoms with Crippen molar-refractivity contribution in [3.05, 3.63) is 45.2 Å². The number of benzene rings is 1. The van der Waals surface area contributed by atoms with Gasteiger partial charge in [0.05, 0.1) is 38.0 Å². The number of fused-ring (bicyclic) bond motifs is 1. The number of alkyl halides is 3. The molecule has 2 atom stereocenters. The molecule has 0 aliphatic carbocycles. The van der Waals surface area contributed by atoms with Gasteiger partial charge in [-0.1, -0.05) is 17.7 Å². The second-order valence-corrected chi connectivity index (χ2v) is 8.31. The number of morpholine rings is 1. The Kier molecular flexibility index (Phi) is 6.73. The molecule has 0 saturated carbocycles. The zero-order chi connectivity index (χ0) is 23.8. The summed E-state index contributed by atoms with van der Waals surface area (Å²) >= 11 is 6.23. The van der Waals surface area contributed by atoms with Crippen LogP contribution in [0.2, 0.25) is 5.02 Å². The van der Waals surface area contributed by atoms with Crippen molar-refractivity contribution in [1.82, 2.24) is 9.55 Å². The number of methoxy groups -OCH3 is 1. The summed E-state index contributed by atoms with van der Waals surface area (Å²) in [7, 11) is 1.45. The Labute approximate surface area is 193 Å². The largest absolute Gasteiger partial charge is 0.497 e. The van der Waals surface area contributed by atoms with Gasteiger partial charge in [0, 0.05) is 31.3 Å². The van der Waals surface area contributed by atoms with E-state index < -0.39 is 30.4 Å². The fraction of sp³-hybridized carbons (Fsp3) is 0.524. The Morgan fingerprint density at radius 1 is 1.27 bits per heavy atom. The van der Waals surface area contributed by atoms with Crippen molar-refractivity contribution in [3.63, 3.8) is 0 Å². The minimum atomic E-state index is -4.58. The minimum absolute atomic E-state index is 0.120. The van der Waals surface area contributed by atoms with Crippen LogP contribution in [0.4, 0.5) is 24.9 Å². The van der Waals surface area contributed by atoms with Crippen LogP contribution in [-0.2, 0) is 11.3 Å². The third-order valence-electron chi connectivity index (χ3n) is 5.88. The molecule has 1 N–H and O–H groups in total. The Morgan fingerprint density at radius 2 is 2.00 bits per heavy atom. The lowest BCUT2D eigenvalue weighted by Gasteiger charge is -2.40. The van der Waals surface area contributed by atoms with Gasteiger partial charge in [0.2, 0.25) is 5.95 Å². The molecule has 4 rings (SSSR count). The number of hydrogen-bond donors (Lipinski definition) is 1. The van der Waals surface area contributed by atoms with E-state index in [1.165, 1.54) is 29.9 Å². The van der Waals surface area contributed by atoms with Crippen molar-refractivity contribution in [2.24, 2.45) is 0 Å². The summed E-state index contributed by atoms with van der Waals surface area (Å²) in [5.41, 5.74) is -0.189. The van der Waals surface area contributed by atoms with Crippen LogP contribution in [0.5, 0.6) is 5.75 Å². The number of anilines is 2. The Hall–Kier alpha value is -2.50. The van der Waals surface area contributed by atoms with Gasteiger partial charge in [0.25, 0.3) is 5.56 Å². The van der Waals surface area contributed by atoms with Crippen LogP contribution in [-0.4, -0.2) is 66.8 Å². The first-order valence-corrected chi connectivity index (χ1v) is 10.9. The van der Waals surface area contributed by atoms with Gasteiger partial charge in [0.15, 0.2) is 0 Å². The fourth-order valence-electron chi connectivity index (χ4n) is 4.15. The molecule has 1 fully saturated rings. The molecule has 2 aromatic rings. The SMILES string of the molecule is COc1ccc([C@H](O)CN2c3nc(N4CCOCC4)cc(=O)n3CC[C@H]2C(F)(F)F)c(Cl)c1. The average molecular weight is 489 g/mol. The summed E-state index contributed by atoms with van der Waals surface area (Å²) in [5.74, 6) is 0.622. The molecule has 0 unspecified atom stereocenters. The van der Waals surface area contributed by atoms with E-state index in [9.17, 15) is 23.1 Å². The zero-order valence-electron chi connectivity index (χ0n) is 17.9. The predicted octanol–water partition coefficient (Wildman–Crippen LogP) is 2.62. The number of aliphatic hydroxyl groups excluding tert-OH is 1. The number of β-amino-alcohol motifs (C(OH)–C–C–N with tert-alkyl or cyclic N) is 1. The van der Waals surface area contributed by atoms with E-state index in [-0.39, 0.29) is 29.5 Å². The smallest absolute Gasteiger partial charge is 0.408 e. The quantitative estimate of drug-likeness (QED) is 0.693. The van der Waals surface area contributed by atoms with Crippen LogP contribution in [0.25, 0.3) is 0 Å². The normalized spacial score (nSPS) is 19.9. The highest BCUT2D eigenvalue weighted by Gasteiger charge is 2.47. The summed E-state index contributed by atoms with van der Waals surface area (Å²) in [6.45, 7) is 1.25. The fourth-order valence-corrected chi connectivity index (χ4v) is 4.45. The topological polar surface area (TPSA) is 80.1 Å². The highest BCUT2D eigenvalue weighted by atomic mass is 35.5. The first-order chi connectivity index (χ1) is 15.7. The minimum Gasteiger partial charge on any atom is -0.497 e. The maximum absolute atomic E-state index is 14.0. The molecule has 12 heteroatoms. The third-order valence-corrected chi connectivity index (χ3v) is 6.21. The number of aromatic nitrogens is 2. The van der Waals surface area contributed by atoms with Crippen molar-refractivity contribution < 1.29 is 27.8 Å². The highest BCUT2D eigenvalue weighted by Crippen LogP contribution is 2.36. The molecule has 8 nitrogen and oxygen atoms in total. The van der Waals surface area contributed by atoms with Crippen molar-refractivity contribution >= 4 is 23.4 Å². The van der Waals surface area contributed by atoms with E-state index in [1.54, 1.807) is 11.0 Å². The average Bonchev–Trinajstić information content (AvgIpc) is 2.79. The summed E-state index contributed by atoms with van der Waals surface area (Å²) in [6.07, 6.45) is -6.27. The summed E-state index contributed by atoms with van der Waals surface area (Å²) < 4.78 is 53.5. The van der Waals surface area contributed by atoms with E-state index >= 15 is 0 Å². The van der Waals surface area contributed by atoms with E-state index in [2.05, 4.69) is 4.98 Å². The highest BCUT2D eigenvalue weighted by molar-refractivity contribution is 6.31. The number of ether oxygens (including phenoxy) is 2. The lowest BCUT2D eigenvalue weighted by Crippen LogP contribution is -2.54. The first kappa shape index (κ1) is 23.7. The van der Waals surface area contributed by atoms with E-state index in [0.29, 0.717) is 37.9 Å². The van der Waals surface area contributed by atoms with E-state index in [1.807, 2.05) is 0 Å². The lowest BCUT2D eigenvalue weighted by molar-refractivity contribution is -0.153. The van der Waals surface area contributed by atoms with Crippen LogP contribution >= 0.6 is 11.6 Å². The number of hydrogen-bond acceptors (Lipinski definition) is 7. The molecule has 0 bridgehead atoms. The van der Waals surface area contributed by atoms with Crippen LogP contribution in [0.3, 0.4) is 0 Å². The third kappa shape index (κ3) is 4.90. The predicted molar refractivity (Wildman–Crippen MR) is 116 cm³/mol. The van der Waals surface area contributed by atoms with Crippen molar-refractivity contribution in [1.29, 1.82) is 0 Å². The molecule has 180 valence electrons. The Balaban J connectivity index is 1.72. The molecule has 0 spiro atoms. The van der Waals surface area contributed by atoms with Gasteiger partial charge in [-0.3, -0.25) is 9.36 Å². The molecule has 0 radical (unpaired) electrons. The van der Waals surface area contributed by atoms with Gasteiger partial charge in [-0.2, -0.15) is 18.2 Å². The maximum Gasteiger partial charge on any atom is 0.408 e. The summed E-state index contributed by atoms with van der Waals surface area (Å²) in [5, 5.41) is 11.0. The molecule has 1 saturated heterocycles. The van der Waals surface area contributed by atoms with Crippen LogP contribution < -0.4 is 20.1 Å². The van der Waals surface area contributed by atoms with Crippen LogP contribution in [0, 0.1) is 0 Å². The van der Waals surface area contributed by atoms with Crippen molar-refractivity contribution in [2.75, 3.05) is 49.8 Å². The zero-order valence-corrected chi connectivity index (χ0v) is 18.6. The summed E-state index contributed by atoms with van der Waals surface area (Å²) in [6, 6.07) is 3.97. The van der Waals surface area contributed by atoms with Crippen LogP contribution in [0.15, 0.2) is 29.1 Å². The second-order valence-electron chi connectivity index (χ2n) is 7.91. The van der Waals surface area contributed by atoms with Gasteiger partial charge in [0.1, 0.15) is 17.6 Å². The van der Waals surface area contributed by atoms with Crippen LogP contribution in [0.1, 0.15) is 18.1 Å².